The molecule has 0 spiro atoms. The first-order valence-electron chi connectivity index (χ1n) is 4.76. The SMILES string of the molecule is CCN(C)CCc1ccc(Cl)cc1Cl. The molecule has 1 rings (SSSR count). The Labute approximate surface area is 95.6 Å². The van der Waals surface area contributed by atoms with Crippen LogP contribution < -0.4 is 0 Å². The first-order valence-corrected chi connectivity index (χ1v) is 5.51. The van der Waals surface area contributed by atoms with Crippen LogP contribution in [-0.4, -0.2) is 25.0 Å². The quantitative estimate of drug-likeness (QED) is 0.768. The van der Waals surface area contributed by atoms with Gasteiger partial charge in [0.15, 0.2) is 0 Å². The lowest BCUT2D eigenvalue weighted by atomic mass is 10.1. The van der Waals surface area contributed by atoms with Crippen LogP contribution in [-0.2, 0) is 6.42 Å². The summed E-state index contributed by atoms with van der Waals surface area (Å²) in [6.45, 7) is 4.23. The lowest BCUT2D eigenvalue weighted by molar-refractivity contribution is 0.357. The van der Waals surface area contributed by atoms with Gasteiger partial charge in [0.05, 0.1) is 0 Å². The molecule has 0 fully saturated rings. The Balaban J connectivity index is 2.59. The number of nitrogens with zero attached hydrogens (tertiary/aromatic N) is 1. The summed E-state index contributed by atoms with van der Waals surface area (Å²) in [6, 6.07) is 5.67. The molecule has 0 amide bonds. The fourth-order valence-corrected chi connectivity index (χ4v) is 1.70. The van der Waals surface area contributed by atoms with Crippen molar-refractivity contribution in [1.82, 2.24) is 4.90 Å². The number of likely N-dealkylation sites (N-methyl/N-ethyl adjacent to an activating group) is 1. The Kier molecular flexibility index (Phi) is 4.73. The van der Waals surface area contributed by atoms with E-state index in [0.29, 0.717) is 5.02 Å². The Morgan fingerprint density at radius 1 is 1.29 bits per heavy atom. The summed E-state index contributed by atoms with van der Waals surface area (Å²) in [4.78, 5) is 2.25. The fourth-order valence-electron chi connectivity index (χ4n) is 1.19. The second kappa shape index (κ2) is 5.59. The summed E-state index contributed by atoms with van der Waals surface area (Å²) in [7, 11) is 2.10. The summed E-state index contributed by atoms with van der Waals surface area (Å²) >= 11 is 11.9. The first kappa shape index (κ1) is 11.8. The maximum Gasteiger partial charge on any atom is 0.0453 e. The number of benzene rings is 1. The second-order valence-electron chi connectivity index (χ2n) is 3.38. The van der Waals surface area contributed by atoms with Gasteiger partial charge in [-0.3, -0.25) is 0 Å². The van der Waals surface area contributed by atoms with Gasteiger partial charge in [0.2, 0.25) is 0 Å². The molecule has 0 aliphatic carbocycles. The average Bonchev–Trinajstić information content (AvgIpc) is 2.16. The van der Waals surface area contributed by atoms with Gasteiger partial charge >= 0.3 is 0 Å². The Morgan fingerprint density at radius 3 is 2.57 bits per heavy atom. The zero-order valence-corrected chi connectivity index (χ0v) is 10.1. The van der Waals surface area contributed by atoms with Crippen LogP contribution in [0.5, 0.6) is 0 Å². The maximum absolute atomic E-state index is 6.05. The topological polar surface area (TPSA) is 3.24 Å². The van der Waals surface area contributed by atoms with Gasteiger partial charge in [-0.2, -0.15) is 0 Å². The van der Waals surface area contributed by atoms with Gasteiger partial charge in [-0.1, -0.05) is 36.2 Å². The minimum Gasteiger partial charge on any atom is -0.306 e. The number of rotatable bonds is 4. The highest BCUT2D eigenvalue weighted by Crippen LogP contribution is 2.21. The highest BCUT2D eigenvalue weighted by Gasteiger charge is 2.02. The van der Waals surface area contributed by atoms with Crippen LogP contribution in [0.1, 0.15) is 12.5 Å². The van der Waals surface area contributed by atoms with Crippen LogP contribution >= 0.6 is 23.2 Å². The largest absolute Gasteiger partial charge is 0.306 e. The van der Waals surface area contributed by atoms with Crippen LogP contribution in [0.25, 0.3) is 0 Å². The van der Waals surface area contributed by atoms with E-state index in [1.165, 1.54) is 0 Å². The van der Waals surface area contributed by atoms with Crippen molar-refractivity contribution in [3.05, 3.63) is 33.8 Å². The van der Waals surface area contributed by atoms with Gasteiger partial charge in [-0.15, -0.1) is 0 Å². The Morgan fingerprint density at radius 2 is 2.00 bits per heavy atom. The molecule has 0 N–H and O–H groups in total. The van der Waals surface area contributed by atoms with E-state index in [1.807, 2.05) is 12.1 Å². The fraction of sp³-hybridized carbons (Fsp3) is 0.455. The van der Waals surface area contributed by atoms with Crippen molar-refractivity contribution in [3.8, 4) is 0 Å². The molecule has 78 valence electrons. The van der Waals surface area contributed by atoms with Gasteiger partial charge in [-0.25, -0.2) is 0 Å². The highest BCUT2D eigenvalue weighted by atomic mass is 35.5. The minimum absolute atomic E-state index is 0.697. The van der Waals surface area contributed by atoms with Gasteiger partial charge in [0.1, 0.15) is 0 Å². The predicted octanol–water partition coefficient (Wildman–Crippen LogP) is 3.49. The average molecular weight is 232 g/mol. The molecule has 0 aromatic heterocycles. The Hall–Kier alpha value is -0.240. The van der Waals surface area contributed by atoms with E-state index < -0.39 is 0 Å². The summed E-state index contributed by atoms with van der Waals surface area (Å²) in [5, 5.41) is 1.46. The zero-order valence-electron chi connectivity index (χ0n) is 8.56. The lowest BCUT2D eigenvalue weighted by Gasteiger charge is -2.14. The van der Waals surface area contributed by atoms with Crippen molar-refractivity contribution in [2.75, 3.05) is 20.1 Å². The minimum atomic E-state index is 0.697. The summed E-state index contributed by atoms with van der Waals surface area (Å²) in [5.74, 6) is 0. The third-order valence-electron chi connectivity index (χ3n) is 2.32. The van der Waals surface area contributed by atoms with Crippen molar-refractivity contribution >= 4 is 23.2 Å². The molecule has 1 aromatic rings. The third kappa shape index (κ3) is 3.49. The molecule has 0 atom stereocenters. The highest BCUT2D eigenvalue weighted by molar-refractivity contribution is 6.35. The number of hydrogen-bond acceptors (Lipinski definition) is 1. The van der Waals surface area contributed by atoms with Crippen molar-refractivity contribution in [2.24, 2.45) is 0 Å². The van der Waals surface area contributed by atoms with Gasteiger partial charge in [0.25, 0.3) is 0 Å². The predicted molar refractivity (Wildman–Crippen MR) is 63.3 cm³/mol. The van der Waals surface area contributed by atoms with Crippen LogP contribution in [0.2, 0.25) is 10.0 Å². The monoisotopic (exact) mass is 231 g/mol. The molecule has 3 heteroatoms. The van der Waals surface area contributed by atoms with Gasteiger partial charge < -0.3 is 4.90 Å². The smallest absolute Gasteiger partial charge is 0.0453 e. The van der Waals surface area contributed by atoms with Crippen LogP contribution in [0.15, 0.2) is 18.2 Å². The van der Waals surface area contributed by atoms with Gasteiger partial charge in [-0.05, 0) is 37.7 Å². The van der Waals surface area contributed by atoms with Gasteiger partial charge in [0, 0.05) is 16.6 Å². The first-order chi connectivity index (χ1) is 6.63. The van der Waals surface area contributed by atoms with E-state index in [2.05, 4.69) is 18.9 Å². The van der Waals surface area contributed by atoms with Crippen molar-refractivity contribution in [3.63, 3.8) is 0 Å². The van der Waals surface area contributed by atoms with Crippen LogP contribution in [0.3, 0.4) is 0 Å². The summed E-state index contributed by atoms with van der Waals surface area (Å²) in [6.07, 6.45) is 0.973. The standard InChI is InChI=1S/C11H15Cl2N/c1-3-14(2)7-6-9-4-5-10(12)8-11(9)13/h4-5,8H,3,6-7H2,1-2H3. The molecule has 0 aliphatic heterocycles. The van der Waals surface area contributed by atoms with Crippen LogP contribution in [0.4, 0.5) is 0 Å². The van der Waals surface area contributed by atoms with Crippen LogP contribution in [0, 0.1) is 0 Å². The molecule has 0 bridgehead atoms. The van der Waals surface area contributed by atoms with E-state index in [4.69, 9.17) is 23.2 Å². The zero-order chi connectivity index (χ0) is 10.6. The molecule has 0 heterocycles. The molecule has 0 saturated carbocycles. The molecule has 1 nitrogen and oxygen atoms in total. The lowest BCUT2D eigenvalue weighted by Crippen LogP contribution is -2.20. The van der Waals surface area contributed by atoms with E-state index >= 15 is 0 Å². The molecular weight excluding hydrogens is 217 g/mol. The number of hydrogen-bond donors (Lipinski definition) is 0. The van der Waals surface area contributed by atoms with Crippen molar-refractivity contribution < 1.29 is 0 Å². The maximum atomic E-state index is 6.05. The molecule has 0 unspecified atom stereocenters. The van der Waals surface area contributed by atoms with Crippen molar-refractivity contribution in [2.45, 2.75) is 13.3 Å². The molecular formula is C11H15Cl2N. The normalized spacial score (nSPS) is 10.9. The number of halogens is 2. The molecule has 14 heavy (non-hydrogen) atoms. The Bertz CT molecular complexity index is 299. The molecule has 1 aromatic carbocycles. The van der Waals surface area contributed by atoms with Crippen molar-refractivity contribution in [1.29, 1.82) is 0 Å². The second-order valence-corrected chi connectivity index (χ2v) is 4.23. The molecule has 0 saturated heterocycles. The summed E-state index contributed by atoms with van der Waals surface area (Å²) < 4.78 is 0. The molecule has 0 radical (unpaired) electrons. The van der Waals surface area contributed by atoms with E-state index in [-0.39, 0.29) is 0 Å². The summed E-state index contributed by atoms with van der Waals surface area (Å²) in [5.41, 5.74) is 1.16. The van der Waals surface area contributed by atoms with E-state index in [1.54, 1.807) is 6.07 Å². The third-order valence-corrected chi connectivity index (χ3v) is 2.90. The molecule has 0 aliphatic rings. The van der Waals surface area contributed by atoms with E-state index in [0.717, 1.165) is 30.1 Å². The van der Waals surface area contributed by atoms with E-state index in [9.17, 15) is 0 Å².